The number of benzene rings is 1. The van der Waals surface area contributed by atoms with Gasteiger partial charge >= 0.3 is 0 Å². The van der Waals surface area contributed by atoms with Crippen LogP contribution < -0.4 is 5.32 Å². The number of rotatable bonds is 7. The minimum absolute atomic E-state index is 0.0789. The summed E-state index contributed by atoms with van der Waals surface area (Å²) in [6.45, 7) is 3.81. The molecule has 144 valence electrons. The first-order valence-electron chi connectivity index (χ1n) is 8.39. The van der Waals surface area contributed by atoms with Crippen LogP contribution >= 0.6 is 11.8 Å². The molecule has 1 aliphatic heterocycles. The van der Waals surface area contributed by atoms with E-state index in [1.165, 1.54) is 23.9 Å². The van der Waals surface area contributed by atoms with Crippen molar-refractivity contribution in [2.45, 2.75) is 11.7 Å². The average molecular weight is 392 g/mol. The summed E-state index contributed by atoms with van der Waals surface area (Å²) >= 11 is 1.24. The van der Waals surface area contributed by atoms with E-state index in [9.17, 15) is 14.9 Å². The average Bonchev–Trinajstić information content (AvgIpc) is 3.01. The van der Waals surface area contributed by atoms with E-state index < -0.39 is 4.92 Å². The monoisotopic (exact) mass is 392 g/mol. The summed E-state index contributed by atoms with van der Waals surface area (Å²) in [6.07, 6.45) is 0. The van der Waals surface area contributed by atoms with Gasteiger partial charge in [0, 0.05) is 26.2 Å². The van der Waals surface area contributed by atoms with E-state index in [0.717, 1.165) is 18.9 Å². The first kappa shape index (κ1) is 19.3. The van der Waals surface area contributed by atoms with E-state index in [1.807, 2.05) is 11.6 Å². The van der Waals surface area contributed by atoms with E-state index in [1.54, 1.807) is 12.1 Å². The number of thioether (sulfide) groups is 1. The largest absolute Gasteiger partial charge is 0.379 e. The second kappa shape index (κ2) is 8.93. The number of carbonyl (C=O) groups is 1. The van der Waals surface area contributed by atoms with Crippen LogP contribution in [0, 0.1) is 10.1 Å². The van der Waals surface area contributed by atoms with Gasteiger partial charge in [0.15, 0.2) is 5.16 Å². The molecule has 0 bridgehead atoms. The number of aromatic nitrogens is 3. The van der Waals surface area contributed by atoms with Gasteiger partial charge in [-0.25, -0.2) is 0 Å². The Labute approximate surface area is 160 Å². The summed E-state index contributed by atoms with van der Waals surface area (Å²) in [5.41, 5.74) is 0.0429. The molecule has 2 aromatic rings. The predicted molar refractivity (Wildman–Crippen MR) is 99.5 cm³/mol. The molecule has 0 unspecified atom stereocenters. The van der Waals surface area contributed by atoms with Gasteiger partial charge in [0.1, 0.15) is 11.5 Å². The lowest BCUT2D eigenvalue weighted by atomic mass is 10.2. The van der Waals surface area contributed by atoms with Gasteiger partial charge in [-0.2, -0.15) is 0 Å². The van der Waals surface area contributed by atoms with Gasteiger partial charge in [-0.1, -0.05) is 23.9 Å². The van der Waals surface area contributed by atoms with E-state index in [-0.39, 0.29) is 23.0 Å². The number of anilines is 1. The molecule has 3 rings (SSSR count). The van der Waals surface area contributed by atoms with Crippen LogP contribution in [-0.4, -0.2) is 62.6 Å². The van der Waals surface area contributed by atoms with Gasteiger partial charge in [-0.15, -0.1) is 10.2 Å². The molecule has 11 heteroatoms. The first-order valence-corrected chi connectivity index (χ1v) is 9.37. The molecule has 10 nitrogen and oxygen atoms in total. The highest BCUT2D eigenvalue weighted by Crippen LogP contribution is 2.24. The molecule has 27 heavy (non-hydrogen) atoms. The van der Waals surface area contributed by atoms with Gasteiger partial charge in [0.05, 0.1) is 30.4 Å². The van der Waals surface area contributed by atoms with E-state index in [0.29, 0.717) is 24.9 Å². The maximum absolute atomic E-state index is 12.2. The number of ether oxygens (including phenoxy) is 1. The Balaban J connectivity index is 1.55. The summed E-state index contributed by atoms with van der Waals surface area (Å²) < 4.78 is 7.19. The fourth-order valence-electron chi connectivity index (χ4n) is 2.62. The highest BCUT2D eigenvalue weighted by molar-refractivity contribution is 7.99. The lowest BCUT2D eigenvalue weighted by molar-refractivity contribution is -0.383. The lowest BCUT2D eigenvalue weighted by Crippen LogP contribution is -2.36. The van der Waals surface area contributed by atoms with Gasteiger partial charge in [-0.3, -0.25) is 19.8 Å². The molecule has 1 aromatic heterocycles. The molecule has 1 aromatic carbocycles. The molecule has 0 saturated carbocycles. The zero-order valence-electron chi connectivity index (χ0n) is 14.8. The molecule has 1 saturated heterocycles. The normalized spacial score (nSPS) is 14.9. The summed E-state index contributed by atoms with van der Waals surface area (Å²) in [4.78, 5) is 24.9. The van der Waals surface area contributed by atoms with E-state index in [2.05, 4.69) is 20.4 Å². The second-order valence-electron chi connectivity index (χ2n) is 5.96. The summed E-state index contributed by atoms with van der Waals surface area (Å²) in [7, 11) is 1.86. The van der Waals surface area contributed by atoms with Crippen molar-refractivity contribution in [2.24, 2.45) is 7.05 Å². The predicted octanol–water partition coefficient (Wildman–Crippen LogP) is 1.29. The Morgan fingerprint density at radius 1 is 1.33 bits per heavy atom. The molecular weight excluding hydrogens is 372 g/mol. The molecule has 1 amide bonds. The van der Waals surface area contributed by atoms with Gasteiger partial charge in [-0.05, 0) is 6.07 Å². The second-order valence-corrected chi connectivity index (χ2v) is 6.90. The van der Waals surface area contributed by atoms with Crippen molar-refractivity contribution in [3.05, 3.63) is 40.2 Å². The smallest absolute Gasteiger partial charge is 0.292 e. The topological polar surface area (TPSA) is 115 Å². The number of nitrogens with zero attached hydrogens (tertiary/aromatic N) is 5. The van der Waals surface area contributed by atoms with Gasteiger partial charge in [0.25, 0.3) is 5.69 Å². The fourth-order valence-corrected chi connectivity index (χ4v) is 3.35. The number of morpholine rings is 1. The third-order valence-electron chi connectivity index (χ3n) is 4.10. The Hall–Kier alpha value is -2.50. The Kier molecular flexibility index (Phi) is 6.37. The number of amides is 1. The number of nitro benzene ring substituents is 1. The number of nitro groups is 1. The van der Waals surface area contributed by atoms with Crippen molar-refractivity contribution < 1.29 is 14.5 Å². The summed E-state index contributed by atoms with van der Waals surface area (Å²) in [5, 5.41) is 22.5. The van der Waals surface area contributed by atoms with Crippen molar-refractivity contribution in [1.29, 1.82) is 0 Å². The molecule has 1 aliphatic rings. The Morgan fingerprint density at radius 2 is 2.07 bits per heavy atom. The molecule has 1 N–H and O–H groups in total. The highest BCUT2D eigenvalue weighted by Gasteiger charge is 2.18. The zero-order valence-corrected chi connectivity index (χ0v) is 15.6. The summed E-state index contributed by atoms with van der Waals surface area (Å²) in [6, 6.07) is 6.04. The van der Waals surface area contributed by atoms with Crippen LogP contribution in [0.2, 0.25) is 0 Å². The molecule has 2 heterocycles. The molecule has 0 aliphatic carbocycles. The van der Waals surface area contributed by atoms with Crippen molar-refractivity contribution in [3.63, 3.8) is 0 Å². The van der Waals surface area contributed by atoms with Crippen molar-refractivity contribution in [3.8, 4) is 0 Å². The standard InChI is InChI=1S/C16H20N6O4S/c1-20-14(10-21-6-8-26-9-7-21)18-19-16(20)27-11-15(23)17-12-4-2-3-5-13(12)22(24)25/h2-5H,6-11H2,1H3,(H,17,23). The minimum atomic E-state index is -0.524. The number of hydrogen-bond donors (Lipinski definition) is 1. The first-order chi connectivity index (χ1) is 13.0. The van der Waals surface area contributed by atoms with Crippen LogP contribution in [0.1, 0.15) is 5.82 Å². The van der Waals surface area contributed by atoms with Gasteiger partial charge in [0.2, 0.25) is 5.91 Å². The van der Waals surface area contributed by atoms with Gasteiger partial charge < -0.3 is 14.6 Å². The quantitative estimate of drug-likeness (QED) is 0.426. The van der Waals surface area contributed by atoms with E-state index >= 15 is 0 Å². The lowest BCUT2D eigenvalue weighted by Gasteiger charge is -2.25. The zero-order chi connectivity index (χ0) is 19.2. The van der Waals surface area contributed by atoms with Crippen LogP contribution in [0.25, 0.3) is 0 Å². The van der Waals surface area contributed by atoms with E-state index in [4.69, 9.17) is 4.74 Å². The number of para-hydroxylation sites is 2. The molecule has 0 radical (unpaired) electrons. The SMILES string of the molecule is Cn1c(CN2CCOCC2)nnc1SCC(=O)Nc1ccccc1[N+](=O)[O-]. The third kappa shape index (κ3) is 5.02. The Bertz CT molecular complexity index is 821. The van der Waals surface area contributed by atoms with Crippen LogP contribution in [0.4, 0.5) is 11.4 Å². The van der Waals surface area contributed by atoms with Crippen molar-refractivity contribution >= 4 is 29.0 Å². The third-order valence-corrected chi connectivity index (χ3v) is 5.12. The fraction of sp³-hybridized carbons (Fsp3) is 0.438. The maximum Gasteiger partial charge on any atom is 0.292 e. The van der Waals surface area contributed by atoms with Crippen LogP contribution in [-0.2, 0) is 23.1 Å². The molecular formula is C16H20N6O4S. The molecule has 0 spiro atoms. The van der Waals surface area contributed by atoms with Crippen LogP contribution in [0.15, 0.2) is 29.4 Å². The summed E-state index contributed by atoms with van der Waals surface area (Å²) in [5.74, 6) is 0.556. The number of nitrogens with one attached hydrogen (secondary N) is 1. The van der Waals surface area contributed by atoms with Crippen molar-refractivity contribution in [2.75, 3.05) is 37.4 Å². The highest BCUT2D eigenvalue weighted by atomic mass is 32.2. The molecule has 1 fully saturated rings. The number of hydrogen-bond acceptors (Lipinski definition) is 8. The molecule has 0 atom stereocenters. The van der Waals surface area contributed by atoms with Crippen LogP contribution in [0.5, 0.6) is 0 Å². The maximum atomic E-state index is 12.2. The number of carbonyl (C=O) groups excluding carboxylic acids is 1. The minimum Gasteiger partial charge on any atom is -0.379 e. The van der Waals surface area contributed by atoms with Crippen LogP contribution in [0.3, 0.4) is 0 Å². The van der Waals surface area contributed by atoms with Crippen molar-refractivity contribution in [1.82, 2.24) is 19.7 Å². The Morgan fingerprint density at radius 3 is 2.81 bits per heavy atom.